The highest BCUT2D eigenvalue weighted by molar-refractivity contribution is 9.10. The molecule has 0 saturated carbocycles. The van der Waals surface area contributed by atoms with Crippen LogP contribution in [0.3, 0.4) is 0 Å². The molecule has 2 aliphatic heterocycles. The molecular weight excluding hydrogens is 468 g/mol. The van der Waals surface area contributed by atoms with Crippen molar-refractivity contribution in [1.82, 2.24) is 9.80 Å². The van der Waals surface area contributed by atoms with Crippen molar-refractivity contribution in [2.45, 2.75) is 25.7 Å². The molecule has 0 radical (unpaired) electrons. The molecule has 3 heterocycles. The lowest BCUT2D eigenvalue weighted by atomic mass is 10.2. The molecule has 0 N–H and O–H groups in total. The highest BCUT2D eigenvalue weighted by Crippen LogP contribution is 2.33. The number of imide groups is 1. The van der Waals surface area contributed by atoms with Gasteiger partial charge in [0.05, 0.1) is 4.91 Å². The minimum atomic E-state index is -0.450. The molecule has 2 aliphatic rings. The van der Waals surface area contributed by atoms with E-state index in [1.54, 1.807) is 17.0 Å². The van der Waals surface area contributed by atoms with E-state index in [1.165, 1.54) is 0 Å². The van der Waals surface area contributed by atoms with Crippen LogP contribution >= 0.6 is 27.7 Å². The van der Waals surface area contributed by atoms with Gasteiger partial charge in [0.1, 0.15) is 18.1 Å². The first kappa shape index (κ1) is 20.9. The second-order valence-electron chi connectivity index (χ2n) is 7.28. The summed E-state index contributed by atoms with van der Waals surface area (Å²) in [5, 5.41) is -0.423. The molecule has 0 atom stereocenters. The largest absolute Gasteiger partial charge is 0.457 e. The quantitative estimate of drug-likeness (QED) is 0.556. The molecule has 4 rings (SSSR count). The van der Waals surface area contributed by atoms with E-state index < -0.39 is 11.1 Å². The van der Waals surface area contributed by atoms with E-state index in [9.17, 15) is 14.4 Å². The molecule has 1 aromatic heterocycles. The summed E-state index contributed by atoms with van der Waals surface area (Å²) >= 11 is 4.27. The van der Waals surface area contributed by atoms with Crippen molar-refractivity contribution in [2.24, 2.45) is 0 Å². The second-order valence-corrected chi connectivity index (χ2v) is 9.18. The number of hydrogen-bond acceptors (Lipinski definition) is 5. The normalized spacial score (nSPS) is 18.9. The number of halogens is 1. The summed E-state index contributed by atoms with van der Waals surface area (Å²) in [5.74, 6) is 0.524. The fourth-order valence-electron chi connectivity index (χ4n) is 3.55. The third kappa shape index (κ3) is 4.70. The Morgan fingerprint density at radius 1 is 1.10 bits per heavy atom. The Kier molecular flexibility index (Phi) is 6.43. The monoisotopic (exact) mass is 488 g/mol. The number of benzene rings is 1. The standard InChI is InChI=1S/C22H21BrN2O4S/c23-16-7-5-6-15(12-16)18-9-8-17(29-18)13-19-21(27)25(22(28)30-19)14-20(26)24-10-3-1-2-4-11-24/h5-9,12-13H,1-4,10-11,14H2. The zero-order valence-corrected chi connectivity index (χ0v) is 18.7. The lowest BCUT2D eigenvalue weighted by Crippen LogP contribution is -2.42. The summed E-state index contributed by atoms with van der Waals surface area (Å²) in [6, 6.07) is 11.3. The Bertz CT molecular complexity index is 1010. The summed E-state index contributed by atoms with van der Waals surface area (Å²) in [7, 11) is 0. The van der Waals surface area contributed by atoms with E-state index in [1.807, 2.05) is 30.3 Å². The highest BCUT2D eigenvalue weighted by Gasteiger charge is 2.37. The maximum atomic E-state index is 12.7. The molecule has 8 heteroatoms. The van der Waals surface area contributed by atoms with E-state index in [4.69, 9.17) is 4.42 Å². The van der Waals surface area contributed by atoms with Gasteiger partial charge in [-0.3, -0.25) is 19.3 Å². The number of carbonyl (C=O) groups excluding carboxylic acids is 3. The fraction of sp³-hybridized carbons (Fsp3) is 0.318. The molecule has 156 valence electrons. The van der Waals surface area contributed by atoms with Crippen LogP contribution in [0.5, 0.6) is 0 Å². The zero-order chi connectivity index (χ0) is 21.1. The number of nitrogens with zero attached hydrogens (tertiary/aromatic N) is 2. The SMILES string of the molecule is O=C(CN1C(=O)SC(=Cc2ccc(-c3cccc(Br)c3)o2)C1=O)N1CCCCCC1. The number of rotatable bonds is 4. The van der Waals surface area contributed by atoms with Crippen LogP contribution in [0.25, 0.3) is 17.4 Å². The minimum Gasteiger partial charge on any atom is -0.457 e. The van der Waals surface area contributed by atoms with Crippen molar-refractivity contribution in [2.75, 3.05) is 19.6 Å². The van der Waals surface area contributed by atoms with Gasteiger partial charge in [0.2, 0.25) is 5.91 Å². The molecule has 2 saturated heterocycles. The number of amides is 3. The summed E-state index contributed by atoms with van der Waals surface area (Å²) in [4.78, 5) is 40.7. The van der Waals surface area contributed by atoms with Crippen molar-refractivity contribution >= 4 is 50.8 Å². The molecule has 0 bridgehead atoms. The zero-order valence-electron chi connectivity index (χ0n) is 16.3. The smallest absolute Gasteiger partial charge is 0.294 e. The van der Waals surface area contributed by atoms with Crippen LogP contribution < -0.4 is 0 Å². The molecule has 2 fully saturated rings. The van der Waals surface area contributed by atoms with Gasteiger partial charge in [0.25, 0.3) is 11.1 Å². The molecule has 0 unspecified atom stereocenters. The van der Waals surface area contributed by atoms with Crippen molar-refractivity contribution in [1.29, 1.82) is 0 Å². The van der Waals surface area contributed by atoms with E-state index in [0.29, 0.717) is 24.6 Å². The number of likely N-dealkylation sites (tertiary alicyclic amines) is 1. The van der Waals surface area contributed by atoms with Crippen LogP contribution in [0, 0.1) is 0 Å². The molecule has 6 nitrogen and oxygen atoms in total. The first-order valence-corrected chi connectivity index (χ1v) is 11.5. The lowest BCUT2D eigenvalue weighted by molar-refractivity contribution is -0.135. The third-order valence-corrected chi connectivity index (χ3v) is 6.54. The predicted molar refractivity (Wildman–Crippen MR) is 120 cm³/mol. The van der Waals surface area contributed by atoms with Crippen LogP contribution in [0.15, 0.2) is 50.2 Å². The number of thioether (sulfide) groups is 1. The Labute approximate surface area is 187 Å². The van der Waals surface area contributed by atoms with E-state index >= 15 is 0 Å². The summed E-state index contributed by atoms with van der Waals surface area (Å²) in [6.07, 6.45) is 5.71. The molecule has 3 amide bonds. The molecule has 30 heavy (non-hydrogen) atoms. The van der Waals surface area contributed by atoms with Gasteiger partial charge in [-0.1, -0.05) is 40.9 Å². The van der Waals surface area contributed by atoms with E-state index in [0.717, 1.165) is 52.4 Å². The number of carbonyl (C=O) groups is 3. The van der Waals surface area contributed by atoms with Gasteiger partial charge in [0, 0.05) is 29.2 Å². The predicted octanol–water partition coefficient (Wildman–Crippen LogP) is 5.15. The average Bonchev–Trinajstić information content (AvgIpc) is 3.16. The lowest BCUT2D eigenvalue weighted by Gasteiger charge is -2.22. The summed E-state index contributed by atoms with van der Waals surface area (Å²) < 4.78 is 6.77. The highest BCUT2D eigenvalue weighted by atomic mass is 79.9. The number of hydrogen-bond donors (Lipinski definition) is 0. The van der Waals surface area contributed by atoms with Crippen molar-refractivity contribution in [3.8, 4) is 11.3 Å². The second kappa shape index (κ2) is 9.22. The van der Waals surface area contributed by atoms with Gasteiger partial charge in [0.15, 0.2) is 0 Å². The van der Waals surface area contributed by atoms with E-state index in [-0.39, 0.29) is 17.4 Å². The van der Waals surface area contributed by atoms with Gasteiger partial charge in [-0.2, -0.15) is 0 Å². The van der Waals surface area contributed by atoms with Crippen LogP contribution in [-0.4, -0.2) is 46.5 Å². The van der Waals surface area contributed by atoms with Gasteiger partial charge in [-0.05, 0) is 48.9 Å². The minimum absolute atomic E-state index is 0.171. The first-order valence-electron chi connectivity index (χ1n) is 9.90. The first-order chi connectivity index (χ1) is 14.5. The Balaban J connectivity index is 1.46. The van der Waals surface area contributed by atoms with Crippen molar-refractivity contribution in [3.63, 3.8) is 0 Å². The van der Waals surface area contributed by atoms with Gasteiger partial charge >= 0.3 is 0 Å². The van der Waals surface area contributed by atoms with E-state index in [2.05, 4.69) is 15.9 Å². The third-order valence-electron chi connectivity index (χ3n) is 5.14. The average molecular weight is 489 g/mol. The summed E-state index contributed by atoms with van der Waals surface area (Å²) in [6.45, 7) is 1.18. The van der Waals surface area contributed by atoms with Gasteiger partial charge in [-0.15, -0.1) is 0 Å². The maximum Gasteiger partial charge on any atom is 0.294 e. The molecular formula is C22H21BrN2O4S. The Hall–Kier alpha value is -2.32. The Morgan fingerprint density at radius 3 is 2.60 bits per heavy atom. The fourth-order valence-corrected chi connectivity index (χ4v) is 4.77. The topological polar surface area (TPSA) is 70.8 Å². The number of furan rings is 1. The van der Waals surface area contributed by atoms with Crippen LogP contribution in [0.1, 0.15) is 31.4 Å². The Morgan fingerprint density at radius 2 is 1.87 bits per heavy atom. The molecule has 2 aromatic rings. The van der Waals surface area contributed by atoms with Crippen molar-refractivity contribution < 1.29 is 18.8 Å². The molecule has 0 aliphatic carbocycles. The molecule has 1 aromatic carbocycles. The summed E-state index contributed by atoms with van der Waals surface area (Å²) in [5.41, 5.74) is 0.903. The van der Waals surface area contributed by atoms with Crippen LogP contribution in [0.4, 0.5) is 4.79 Å². The maximum absolute atomic E-state index is 12.7. The van der Waals surface area contributed by atoms with Gasteiger partial charge in [-0.25, -0.2) is 0 Å². The van der Waals surface area contributed by atoms with Gasteiger partial charge < -0.3 is 9.32 Å². The van der Waals surface area contributed by atoms with Crippen LogP contribution in [0.2, 0.25) is 0 Å². The van der Waals surface area contributed by atoms with Crippen molar-refractivity contribution in [3.05, 3.63) is 51.5 Å². The van der Waals surface area contributed by atoms with Crippen LogP contribution in [-0.2, 0) is 9.59 Å². The molecule has 0 spiro atoms.